The Kier molecular flexibility index (Phi) is 7.46. The Morgan fingerprint density at radius 1 is 1.08 bits per heavy atom. The molecule has 0 unspecified atom stereocenters. The van der Waals surface area contributed by atoms with E-state index in [0.29, 0.717) is 37.6 Å². The van der Waals surface area contributed by atoms with Crippen LogP contribution in [0.5, 0.6) is 5.75 Å². The molecule has 0 aliphatic carbocycles. The third kappa shape index (κ3) is 4.76. The van der Waals surface area contributed by atoms with E-state index in [9.17, 15) is 8.42 Å². The van der Waals surface area contributed by atoms with Crippen molar-refractivity contribution in [3.05, 3.63) is 59.7 Å². The maximum Gasteiger partial charge on any atom is 0.243 e. The zero-order valence-electron chi connectivity index (χ0n) is 14.6. The van der Waals surface area contributed by atoms with Crippen LogP contribution in [0.4, 0.5) is 0 Å². The molecular formula is C19H25ClN2O3S. The van der Waals surface area contributed by atoms with Crippen molar-refractivity contribution in [2.24, 2.45) is 5.73 Å². The Hall–Kier alpha value is -1.60. The first kappa shape index (κ1) is 20.7. The van der Waals surface area contributed by atoms with Gasteiger partial charge in [0.05, 0.1) is 11.5 Å². The molecule has 0 atom stereocenters. The van der Waals surface area contributed by atoms with Gasteiger partial charge in [-0.1, -0.05) is 30.3 Å². The van der Waals surface area contributed by atoms with Crippen molar-refractivity contribution in [1.82, 2.24) is 4.31 Å². The number of hydrogen-bond acceptors (Lipinski definition) is 4. The first-order chi connectivity index (χ1) is 12.1. The Morgan fingerprint density at radius 3 is 2.58 bits per heavy atom. The molecular weight excluding hydrogens is 372 g/mol. The van der Waals surface area contributed by atoms with Gasteiger partial charge in [0, 0.05) is 19.6 Å². The monoisotopic (exact) mass is 396 g/mol. The molecule has 0 bridgehead atoms. The highest BCUT2D eigenvalue weighted by atomic mass is 35.5. The van der Waals surface area contributed by atoms with E-state index in [1.807, 2.05) is 30.3 Å². The van der Waals surface area contributed by atoms with Gasteiger partial charge in [-0.25, -0.2) is 8.42 Å². The standard InChI is InChI=1S/C19H24N2O3S.ClH/c20-11-13-21(12-10-16-5-2-1-3-6-16)25(22,23)18-8-9-19-17(15-18)7-4-14-24-19;/h1-3,5-6,8-9,15H,4,7,10-14,20H2;1H. The number of benzene rings is 2. The van der Waals surface area contributed by atoms with Gasteiger partial charge in [0.1, 0.15) is 5.75 Å². The summed E-state index contributed by atoms with van der Waals surface area (Å²) in [7, 11) is -3.57. The molecule has 2 N–H and O–H groups in total. The summed E-state index contributed by atoms with van der Waals surface area (Å²) in [5, 5.41) is 0. The molecule has 5 nitrogen and oxygen atoms in total. The van der Waals surface area contributed by atoms with Crippen molar-refractivity contribution in [2.45, 2.75) is 24.2 Å². The van der Waals surface area contributed by atoms with Gasteiger partial charge in [-0.05, 0) is 48.6 Å². The Morgan fingerprint density at radius 2 is 1.85 bits per heavy atom. The van der Waals surface area contributed by atoms with Crippen molar-refractivity contribution < 1.29 is 13.2 Å². The molecule has 0 radical (unpaired) electrons. The maximum atomic E-state index is 13.1. The number of nitrogens with zero attached hydrogens (tertiary/aromatic N) is 1. The molecule has 2 aromatic rings. The summed E-state index contributed by atoms with van der Waals surface area (Å²) in [6, 6.07) is 15.0. The first-order valence-electron chi connectivity index (χ1n) is 8.61. The molecule has 1 heterocycles. The Balaban J connectivity index is 0.00000243. The van der Waals surface area contributed by atoms with Crippen LogP contribution >= 0.6 is 12.4 Å². The van der Waals surface area contributed by atoms with Crippen LogP contribution in [0.2, 0.25) is 0 Å². The second-order valence-electron chi connectivity index (χ2n) is 6.15. The first-order valence-corrected chi connectivity index (χ1v) is 10.0. The van der Waals surface area contributed by atoms with Crippen molar-refractivity contribution >= 4 is 22.4 Å². The van der Waals surface area contributed by atoms with E-state index in [0.717, 1.165) is 29.7 Å². The van der Waals surface area contributed by atoms with E-state index in [4.69, 9.17) is 10.5 Å². The Labute approximate surface area is 161 Å². The van der Waals surface area contributed by atoms with Crippen molar-refractivity contribution in [3.63, 3.8) is 0 Å². The number of halogens is 1. The van der Waals surface area contributed by atoms with Crippen molar-refractivity contribution in [1.29, 1.82) is 0 Å². The highest BCUT2D eigenvalue weighted by Crippen LogP contribution is 2.28. The van der Waals surface area contributed by atoms with Crippen LogP contribution in [0, 0.1) is 0 Å². The Bertz CT molecular complexity index is 813. The third-order valence-corrected chi connectivity index (χ3v) is 6.28. The molecule has 2 aromatic carbocycles. The number of fused-ring (bicyclic) bond motifs is 1. The predicted molar refractivity (Wildman–Crippen MR) is 105 cm³/mol. The van der Waals surface area contributed by atoms with E-state index < -0.39 is 10.0 Å². The number of rotatable bonds is 7. The van der Waals surface area contributed by atoms with Gasteiger partial charge < -0.3 is 10.5 Å². The molecule has 26 heavy (non-hydrogen) atoms. The highest BCUT2D eigenvalue weighted by Gasteiger charge is 2.25. The van der Waals surface area contributed by atoms with Gasteiger partial charge in [-0.2, -0.15) is 4.31 Å². The van der Waals surface area contributed by atoms with E-state index >= 15 is 0 Å². The lowest BCUT2D eigenvalue weighted by molar-refractivity contribution is 0.288. The summed E-state index contributed by atoms with van der Waals surface area (Å²) in [6.07, 6.45) is 2.42. The van der Waals surface area contributed by atoms with Gasteiger partial charge >= 0.3 is 0 Å². The smallest absolute Gasteiger partial charge is 0.243 e. The van der Waals surface area contributed by atoms with Gasteiger partial charge in [0.2, 0.25) is 10.0 Å². The topological polar surface area (TPSA) is 72.6 Å². The number of aryl methyl sites for hydroxylation is 1. The number of nitrogens with two attached hydrogens (primary N) is 1. The van der Waals surface area contributed by atoms with Crippen LogP contribution in [-0.4, -0.2) is 39.0 Å². The second kappa shape index (κ2) is 9.37. The fourth-order valence-electron chi connectivity index (χ4n) is 3.04. The molecule has 0 amide bonds. The van der Waals surface area contributed by atoms with Crippen molar-refractivity contribution in [2.75, 3.05) is 26.2 Å². The molecule has 3 rings (SSSR count). The minimum absolute atomic E-state index is 0. The molecule has 0 spiro atoms. The average molecular weight is 397 g/mol. The van der Waals surface area contributed by atoms with Crippen LogP contribution in [0.15, 0.2) is 53.4 Å². The fourth-order valence-corrected chi connectivity index (χ4v) is 4.55. The molecule has 1 aliphatic rings. The summed E-state index contributed by atoms with van der Waals surface area (Å²) in [5.41, 5.74) is 7.73. The number of hydrogen-bond donors (Lipinski definition) is 1. The van der Waals surface area contributed by atoms with Crippen LogP contribution in [0.25, 0.3) is 0 Å². The normalized spacial score (nSPS) is 13.6. The van der Waals surface area contributed by atoms with Crippen molar-refractivity contribution in [3.8, 4) is 5.75 Å². The zero-order chi connectivity index (χ0) is 17.7. The minimum Gasteiger partial charge on any atom is -0.493 e. The minimum atomic E-state index is -3.57. The lowest BCUT2D eigenvalue weighted by Gasteiger charge is -2.23. The van der Waals surface area contributed by atoms with Crippen LogP contribution in [0.3, 0.4) is 0 Å². The van der Waals surface area contributed by atoms with E-state index in [1.54, 1.807) is 18.2 Å². The molecule has 1 aliphatic heterocycles. The molecule has 0 saturated heterocycles. The lowest BCUT2D eigenvalue weighted by Crippen LogP contribution is -2.37. The van der Waals surface area contributed by atoms with E-state index in [-0.39, 0.29) is 12.4 Å². The van der Waals surface area contributed by atoms with Gasteiger partial charge in [-0.15, -0.1) is 12.4 Å². The largest absolute Gasteiger partial charge is 0.493 e. The molecule has 7 heteroatoms. The van der Waals surface area contributed by atoms with E-state index in [2.05, 4.69) is 0 Å². The summed E-state index contributed by atoms with van der Waals surface area (Å²) in [4.78, 5) is 0.318. The summed E-state index contributed by atoms with van der Waals surface area (Å²) >= 11 is 0. The lowest BCUT2D eigenvalue weighted by atomic mass is 10.1. The summed E-state index contributed by atoms with van der Waals surface area (Å²) in [5.74, 6) is 0.792. The molecule has 0 fully saturated rings. The maximum absolute atomic E-state index is 13.1. The van der Waals surface area contributed by atoms with Crippen LogP contribution in [0.1, 0.15) is 17.5 Å². The van der Waals surface area contributed by atoms with Gasteiger partial charge in [0.15, 0.2) is 0 Å². The quantitative estimate of drug-likeness (QED) is 0.780. The molecule has 0 saturated carbocycles. The van der Waals surface area contributed by atoms with Gasteiger partial charge in [0.25, 0.3) is 0 Å². The van der Waals surface area contributed by atoms with Crippen LogP contribution in [-0.2, 0) is 22.9 Å². The predicted octanol–water partition coefficient (Wildman–Crippen LogP) is 2.63. The average Bonchev–Trinajstić information content (AvgIpc) is 2.65. The fraction of sp³-hybridized carbons (Fsp3) is 0.368. The summed E-state index contributed by atoms with van der Waals surface area (Å²) in [6.45, 7) is 1.71. The highest BCUT2D eigenvalue weighted by molar-refractivity contribution is 7.89. The number of sulfonamides is 1. The molecule has 142 valence electrons. The SMILES string of the molecule is Cl.NCCN(CCc1ccccc1)S(=O)(=O)c1ccc2c(c1)CCCO2. The summed E-state index contributed by atoms with van der Waals surface area (Å²) < 4.78 is 33.2. The number of ether oxygens (including phenoxy) is 1. The molecule has 0 aromatic heterocycles. The zero-order valence-corrected chi connectivity index (χ0v) is 16.3. The van der Waals surface area contributed by atoms with E-state index in [1.165, 1.54) is 4.31 Å². The third-order valence-electron chi connectivity index (χ3n) is 4.39. The van der Waals surface area contributed by atoms with Gasteiger partial charge in [-0.3, -0.25) is 0 Å². The second-order valence-corrected chi connectivity index (χ2v) is 8.09. The van der Waals surface area contributed by atoms with Crippen LogP contribution < -0.4 is 10.5 Å².